The fourth-order valence-corrected chi connectivity index (χ4v) is 4.79. The lowest BCUT2D eigenvalue weighted by atomic mass is 9.52. The normalized spacial score (nSPS) is 30.4. The second-order valence-electron chi connectivity index (χ2n) is 8.42. The Hall–Kier alpha value is -2.41. The van der Waals surface area contributed by atoms with Gasteiger partial charge in [-0.25, -0.2) is 0 Å². The van der Waals surface area contributed by atoms with E-state index in [4.69, 9.17) is 0 Å². The zero-order valence-corrected chi connectivity index (χ0v) is 15.4. The molecule has 4 rings (SSSR count). The highest BCUT2D eigenvalue weighted by atomic mass is 16.2. The highest BCUT2D eigenvalue weighted by molar-refractivity contribution is 6.02. The first-order valence-electron chi connectivity index (χ1n) is 9.41. The molecule has 1 aromatic carbocycles. The Morgan fingerprint density at radius 3 is 2.50 bits per heavy atom. The van der Waals surface area contributed by atoms with Crippen LogP contribution in [0.5, 0.6) is 0 Å². The molecule has 2 atom stereocenters. The highest BCUT2D eigenvalue weighted by Gasteiger charge is 2.60. The minimum atomic E-state index is -0.897. The van der Waals surface area contributed by atoms with E-state index >= 15 is 0 Å². The van der Waals surface area contributed by atoms with Crippen molar-refractivity contribution < 1.29 is 9.59 Å². The van der Waals surface area contributed by atoms with E-state index in [1.165, 1.54) is 12.8 Å². The van der Waals surface area contributed by atoms with Crippen LogP contribution in [0.1, 0.15) is 38.7 Å². The summed E-state index contributed by atoms with van der Waals surface area (Å²) in [5.41, 5.74) is 0.0736. The number of fused-ring (bicyclic) bond motifs is 1. The maximum Gasteiger partial charge on any atom is 0.237 e. The molecule has 0 aromatic heterocycles. The van der Waals surface area contributed by atoms with Crippen molar-refractivity contribution >= 4 is 11.7 Å². The van der Waals surface area contributed by atoms with Gasteiger partial charge in [0.2, 0.25) is 5.91 Å². The summed E-state index contributed by atoms with van der Waals surface area (Å²) in [7, 11) is 0. The molecule has 0 saturated heterocycles. The van der Waals surface area contributed by atoms with Gasteiger partial charge in [-0.15, -0.1) is 0 Å². The summed E-state index contributed by atoms with van der Waals surface area (Å²) in [6.07, 6.45) is 4.71. The minimum absolute atomic E-state index is 0.0638. The third-order valence-electron chi connectivity index (χ3n) is 6.34. The molecule has 4 nitrogen and oxygen atoms in total. The third kappa shape index (κ3) is 2.34. The van der Waals surface area contributed by atoms with E-state index in [9.17, 15) is 14.9 Å². The molecule has 1 aromatic rings. The van der Waals surface area contributed by atoms with Crippen molar-refractivity contribution in [2.24, 2.45) is 17.3 Å². The van der Waals surface area contributed by atoms with Gasteiger partial charge in [0, 0.05) is 18.5 Å². The Bertz CT molecular complexity index is 829. The zero-order chi connectivity index (χ0) is 18.5. The number of amides is 1. The minimum Gasteiger partial charge on any atom is -0.338 e. The first-order chi connectivity index (χ1) is 12.4. The van der Waals surface area contributed by atoms with E-state index in [1.54, 1.807) is 0 Å². The average Bonchev–Trinajstić information content (AvgIpc) is 3.46. The molecule has 1 amide bonds. The van der Waals surface area contributed by atoms with Crippen molar-refractivity contribution in [1.29, 1.82) is 5.26 Å². The first kappa shape index (κ1) is 17.0. The average molecular weight is 348 g/mol. The molecule has 2 fully saturated rings. The van der Waals surface area contributed by atoms with E-state index in [0.29, 0.717) is 12.5 Å². The van der Waals surface area contributed by atoms with Gasteiger partial charge in [-0.1, -0.05) is 36.4 Å². The molecule has 2 saturated carbocycles. The third-order valence-corrected chi connectivity index (χ3v) is 6.34. The number of carbonyl (C=O) groups is 2. The topological polar surface area (TPSA) is 61.2 Å². The predicted octanol–water partition coefficient (Wildman–Crippen LogP) is 3.24. The predicted molar refractivity (Wildman–Crippen MR) is 98.0 cm³/mol. The Kier molecular flexibility index (Phi) is 3.80. The van der Waals surface area contributed by atoms with E-state index in [0.717, 1.165) is 17.7 Å². The maximum absolute atomic E-state index is 13.8. The molecule has 2 aliphatic carbocycles. The van der Waals surface area contributed by atoms with Crippen LogP contribution in [0.25, 0.3) is 0 Å². The lowest BCUT2D eigenvalue weighted by molar-refractivity contribution is -0.142. The van der Waals surface area contributed by atoms with Crippen LogP contribution < -0.4 is 0 Å². The number of ketones is 1. The zero-order valence-electron chi connectivity index (χ0n) is 15.4. The van der Waals surface area contributed by atoms with E-state index in [1.807, 2.05) is 49.1 Å². The van der Waals surface area contributed by atoms with Gasteiger partial charge in [-0.05, 0) is 50.2 Å². The standard InChI is InChI=1S/C22H24N2O2/c1-21(2)18-10-11-24(14-15-8-9-15)20(26)22(18,12-16(13-23)19(21)25)17-6-4-3-5-7-17/h3-7,10,15-16H,8-9,11-12,14H2,1-2H3. The smallest absolute Gasteiger partial charge is 0.237 e. The van der Waals surface area contributed by atoms with Crippen LogP contribution in [0, 0.1) is 28.6 Å². The summed E-state index contributed by atoms with van der Waals surface area (Å²) < 4.78 is 0. The second-order valence-corrected chi connectivity index (χ2v) is 8.42. The second kappa shape index (κ2) is 5.81. The summed E-state index contributed by atoms with van der Waals surface area (Å²) in [5.74, 6) is -0.158. The monoisotopic (exact) mass is 348 g/mol. The van der Waals surface area contributed by atoms with Crippen molar-refractivity contribution in [3.63, 3.8) is 0 Å². The van der Waals surface area contributed by atoms with Crippen molar-refractivity contribution in [1.82, 2.24) is 4.90 Å². The summed E-state index contributed by atoms with van der Waals surface area (Å²) in [5, 5.41) is 9.64. The molecular weight excluding hydrogens is 324 g/mol. The van der Waals surface area contributed by atoms with E-state index in [-0.39, 0.29) is 18.1 Å². The lowest BCUT2D eigenvalue weighted by Crippen LogP contribution is -2.60. The fourth-order valence-electron chi connectivity index (χ4n) is 4.79. The van der Waals surface area contributed by atoms with Gasteiger partial charge in [0.1, 0.15) is 5.92 Å². The Labute approximate surface area is 154 Å². The van der Waals surface area contributed by atoms with Gasteiger partial charge in [0.25, 0.3) is 0 Å². The molecule has 1 aliphatic heterocycles. The lowest BCUT2D eigenvalue weighted by Gasteiger charge is -2.51. The quantitative estimate of drug-likeness (QED) is 0.788. The number of carbonyl (C=O) groups excluding carboxylic acids is 2. The Balaban J connectivity index is 1.90. The van der Waals surface area contributed by atoms with Crippen molar-refractivity contribution in [2.75, 3.05) is 13.1 Å². The summed E-state index contributed by atoms with van der Waals surface area (Å²) in [6.45, 7) is 5.08. The Morgan fingerprint density at radius 2 is 1.88 bits per heavy atom. The van der Waals surface area contributed by atoms with Crippen LogP contribution in [-0.4, -0.2) is 29.7 Å². The van der Waals surface area contributed by atoms with Gasteiger partial charge in [0.15, 0.2) is 5.78 Å². The SMILES string of the molecule is CC1(C)C(=O)C(C#N)CC2(c3ccccc3)C(=O)N(CC3CC3)CC=C12. The molecule has 2 unspecified atom stereocenters. The molecule has 0 N–H and O–H groups in total. The number of benzene rings is 1. The molecule has 0 radical (unpaired) electrons. The maximum atomic E-state index is 13.8. The number of Topliss-reactive ketones (excluding diaryl/α,β-unsaturated/α-hetero) is 1. The molecule has 134 valence electrons. The van der Waals surface area contributed by atoms with Gasteiger partial charge < -0.3 is 4.90 Å². The van der Waals surface area contributed by atoms with Crippen LogP contribution in [-0.2, 0) is 15.0 Å². The van der Waals surface area contributed by atoms with Crippen molar-refractivity contribution in [3.05, 3.63) is 47.5 Å². The van der Waals surface area contributed by atoms with Crippen LogP contribution in [0.4, 0.5) is 0 Å². The van der Waals surface area contributed by atoms with Gasteiger partial charge in [-0.2, -0.15) is 5.26 Å². The van der Waals surface area contributed by atoms with E-state index in [2.05, 4.69) is 12.1 Å². The molecule has 1 heterocycles. The number of rotatable bonds is 3. The largest absolute Gasteiger partial charge is 0.338 e. The Morgan fingerprint density at radius 1 is 1.19 bits per heavy atom. The number of hydrogen-bond acceptors (Lipinski definition) is 3. The number of nitrogens with zero attached hydrogens (tertiary/aromatic N) is 2. The highest BCUT2D eigenvalue weighted by Crippen LogP contribution is 2.54. The molecule has 26 heavy (non-hydrogen) atoms. The summed E-state index contributed by atoms with van der Waals surface area (Å²) >= 11 is 0. The molecule has 3 aliphatic rings. The van der Waals surface area contributed by atoms with Gasteiger partial charge in [0.05, 0.1) is 11.5 Å². The molecule has 0 bridgehead atoms. The number of nitriles is 1. The van der Waals surface area contributed by atoms with Crippen LogP contribution in [0.2, 0.25) is 0 Å². The van der Waals surface area contributed by atoms with Crippen molar-refractivity contribution in [3.8, 4) is 6.07 Å². The number of hydrogen-bond donors (Lipinski definition) is 0. The van der Waals surface area contributed by atoms with Crippen molar-refractivity contribution in [2.45, 2.75) is 38.5 Å². The van der Waals surface area contributed by atoms with Gasteiger partial charge in [-0.3, -0.25) is 9.59 Å². The van der Waals surface area contributed by atoms with Gasteiger partial charge >= 0.3 is 0 Å². The first-order valence-corrected chi connectivity index (χ1v) is 9.41. The van der Waals surface area contributed by atoms with E-state index < -0.39 is 16.7 Å². The molecular formula is C22H24N2O2. The van der Waals surface area contributed by atoms with Crippen LogP contribution in [0.15, 0.2) is 42.0 Å². The van der Waals surface area contributed by atoms with Crippen LogP contribution >= 0.6 is 0 Å². The summed E-state index contributed by atoms with van der Waals surface area (Å²) in [6, 6.07) is 11.9. The molecule has 0 spiro atoms. The summed E-state index contributed by atoms with van der Waals surface area (Å²) in [4.78, 5) is 28.6. The van der Waals surface area contributed by atoms with Crippen LogP contribution in [0.3, 0.4) is 0 Å². The fraction of sp³-hybridized carbons (Fsp3) is 0.500. The molecule has 4 heteroatoms.